The number of thiophene rings is 1. The van der Waals surface area contributed by atoms with Gasteiger partial charge in [-0.05, 0) is 42.6 Å². The Hall–Kier alpha value is -3.25. The van der Waals surface area contributed by atoms with Crippen LogP contribution in [0.15, 0.2) is 83.3 Å². The Labute approximate surface area is 168 Å². The maximum atomic E-state index is 12.9. The van der Waals surface area contributed by atoms with E-state index in [1.54, 1.807) is 16.2 Å². The molecule has 1 heterocycles. The standard InChI is InChI=1S/C22H21N3O2S/c1-17(20-13-8-16-28-20)23-24-21(26)14-15-22(27)25(18-9-4-2-5-10-18)19-11-6-3-7-12-19/h2-13,16H,14-15H2,1H3,(H,24,26)/b23-17+. The van der Waals surface area contributed by atoms with E-state index in [0.717, 1.165) is 22.0 Å². The van der Waals surface area contributed by atoms with Crippen molar-refractivity contribution >= 4 is 40.2 Å². The van der Waals surface area contributed by atoms with Crippen LogP contribution in [-0.4, -0.2) is 17.5 Å². The van der Waals surface area contributed by atoms with Crippen molar-refractivity contribution in [3.05, 3.63) is 83.1 Å². The number of nitrogens with zero attached hydrogens (tertiary/aromatic N) is 2. The second-order valence-corrected chi connectivity index (χ2v) is 7.06. The van der Waals surface area contributed by atoms with Crippen molar-refractivity contribution < 1.29 is 9.59 Å². The molecule has 0 aliphatic carbocycles. The fraction of sp³-hybridized carbons (Fsp3) is 0.136. The predicted octanol–water partition coefficient (Wildman–Crippen LogP) is 4.73. The van der Waals surface area contributed by atoms with E-state index in [1.807, 2.05) is 85.1 Å². The first-order chi connectivity index (χ1) is 13.6. The second kappa shape index (κ2) is 9.62. The van der Waals surface area contributed by atoms with Crippen molar-refractivity contribution in [2.75, 3.05) is 4.90 Å². The highest BCUT2D eigenvalue weighted by molar-refractivity contribution is 7.12. The molecule has 1 N–H and O–H groups in total. The monoisotopic (exact) mass is 391 g/mol. The van der Waals surface area contributed by atoms with Gasteiger partial charge in [-0.25, -0.2) is 5.43 Å². The van der Waals surface area contributed by atoms with Gasteiger partial charge in [0.2, 0.25) is 11.8 Å². The summed E-state index contributed by atoms with van der Waals surface area (Å²) < 4.78 is 0. The first-order valence-electron chi connectivity index (χ1n) is 8.95. The van der Waals surface area contributed by atoms with Crippen LogP contribution >= 0.6 is 11.3 Å². The van der Waals surface area contributed by atoms with E-state index >= 15 is 0 Å². The first kappa shape index (κ1) is 19.5. The average Bonchev–Trinajstić information content (AvgIpc) is 3.27. The lowest BCUT2D eigenvalue weighted by Crippen LogP contribution is -2.28. The van der Waals surface area contributed by atoms with Crippen LogP contribution in [0.3, 0.4) is 0 Å². The van der Waals surface area contributed by atoms with Crippen molar-refractivity contribution in [3.63, 3.8) is 0 Å². The Bertz CT molecular complexity index is 899. The Kier molecular flexibility index (Phi) is 6.70. The lowest BCUT2D eigenvalue weighted by Gasteiger charge is -2.23. The van der Waals surface area contributed by atoms with Crippen LogP contribution in [0.2, 0.25) is 0 Å². The molecule has 3 aromatic rings. The van der Waals surface area contributed by atoms with Gasteiger partial charge in [0.05, 0.1) is 5.71 Å². The van der Waals surface area contributed by atoms with Crippen LogP contribution in [0.25, 0.3) is 0 Å². The molecule has 0 aliphatic rings. The highest BCUT2D eigenvalue weighted by Crippen LogP contribution is 2.26. The number of nitrogens with one attached hydrogen (secondary N) is 1. The number of carbonyl (C=O) groups excluding carboxylic acids is 2. The summed E-state index contributed by atoms with van der Waals surface area (Å²) in [6.45, 7) is 1.84. The number of rotatable bonds is 7. The molecule has 5 nitrogen and oxygen atoms in total. The van der Waals surface area contributed by atoms with Crippen molar-refractivity contribution in [1.82, 2.24) is 5.43 Å². The summed E-state index contributed by atoms with van der Waals surface area (Å²) in [5.41, 5.74) is 4.81. The van der Waals surface area contributed by atoms with Gasteiger partial charge in [-0.15, -0.1) is 11.3 Å². The zero-order valence-corrected chi connectivity index (χ0v) is 16.4. The molecule has 0 saturated heterocycles. The maximum absolute atomic E-state index is 12.9. The molecular weight excluding hydrogens is 370 g/mol. The number of hydrogen-bond donors (Lipinski definition) is 1. The molecule has 2 aromatic carbocycles. The summed E-state index contributed by atoms with van der Waals surface area (Å²) >= 11 is 1.56. The van der Waals surface area contributed by atoms with Gasteiger partial charge >= 0.3 is 0 Å². The van der Waals surface area contributed by atoms with Crippen molar-refractivity contribution in [1.29, 1.82) is 0 Å². The zero-order chi connectivity index (χ0) is 19.8. The topological polar surface area (TPSA) is 61.8 Å². The van der Waals surface area contributed by atoms with Crippen molar-refractivity contribution in [3.8, 4) is 0 Å². The lowest BCUT2D eigenvalue weighted by molar-refractivity contribution is -0.124. The zero-order valence-electron chi connectivity index (χ0n) is 15.5. The molecule has 2 amide bonds. The maximum Gasteiger partial charge on any atom is 0.240 e. The lowest BCUT2D eigenvalue weighted by atomic mass is 10.2. The average molecular weight is 391 g/mol. The van der Waals surface area contributed by atoms with Gasteiger partial charge in [0.15, 0.2) is 0 Å². The van der Waals surface area contributed by atoms with E-state index in [-0.39, 0.29) is 24.7 Å². The minimum absolute atomic E-state index is 0.0657. The highest BCUT2D eigenvalue weighted by atomic mass is 32.1. The molecule has 0 aliphatic heterocycles. The van der Waals surface area contributed by atoms with Gasteiger partial charge in [0.25, 0.3) is 0 Å². The quantitative estimate of drug-likeness (QED) is 0.467. The van der Waals surface area contributed by atoms with Gasteiger partial charge in [-0.1, -0.05) is 42.5 Å². The van der Waals surface area contributed by atoms with Gasteiger partial charge < -0.3 is 0 Å². The smallest absolute Gasteiger partial charge is 0.240 e. The normalized spacial score (nSPS) is 11.1. The van der Waals surface area contributed by atoms with E-state index < -0.39 is 0 Å². The molecule has 6 heteroatoms. The minimum atomic E-state index is -0.287. The van der Waals surface area contributed by atoms with Gasteiger partial charge in [0, 0.05) is 29.1 Å². The third-order valence-electron chi connectivity index (χ3n) is 4.07. The Morgan fingerprint density at radius 2 is 1.50 bits per heavy atom. The van der Waals surface area contributed by atoms with Crippen LogP contribution in [0.4, 0.5) is 11.4 Å². The molecule has 0 saturated carbocycles. The largest absolute Gasteiger partial charge is 0.281 e. The highest BCUT2D eigenvalue weighted by Gasteiger charge is 2.18. The molecule has 0 spiro atoms. The van der Waals surface area contributed by atoms with E-state index in [1.165, 1.54) is 0 Å². The number of carbonyl (C=O) groups is 2. The molecular formula is C22H21N3O2S. The van der Waals surface area contributed by atoms with Gasteiger partial charge in [-0.2, -0.15) is 5.10 Å². The fourth-order valence-corrected chi connectivity index (χ4v) is 3.34. The third-order valence-corrected chi connectivity index (χ3v) is 5.05. The van der Waals surface area contributed by atoms with Gasteiger partial charge in [-0.3, -0.25) is 14.5 Å². The SMILES string of the molecule is C/C(=N\NC(=O)CCC(=O)N(c1ccccc1)c1ccccc1)c1cccs1. The molecule has 0 atom stereocenters. The predicted molar refractivity (Wildman–Crippen MR) is 114 cm³/mol. The number of para-hydroxylation sites is 2. The fourth-order valence-electron chi connectivity index (χ4n) is 2.67. The summed E-state index contributed by atoms with van der Waals surface area (Å²) in [4.78, 5) is 27.6. The molecule has 0 bridgehead atoms. The van der Waals surface area contributed by atoms with Crippen molar-refractivity contribution in [2.24, 2.45) is 5.10 Å². The summed E-state index contributed by atoms with van der Waals surface area (Å²) in [7, 11) is 0. The van der Waals surface area contributed by atoms with Crippen LogP contribution in [-0.2, 0) is 9.59 Å². The second-order valence-electron chi connectivity index (χ2n) is 6.11. The van der Waals surface area contributed by atoms with Crippen LogP contribution < -0.4 is 10.3 Å². The van der Waals surface area contributed by atoms with Crippen LogP contribution in [0, 0.1) is 0 Å². The molecule has 28 heavy (non-hydrogen) atoms. The Morgan fingerprint density at radius 3 is 2.04 bits per heavy atom. The Morgan fingerprint density at radius 1 is 0.893 bits per heavy atom. The van der Waals surface area contributed by atoms with E-state index in [2.05, 4.69) is 10.5 Å². The van der Waals surface area contributed by atoms with Gasteiger partial charge in [0.1, 0.15) is 0 Å². The third kappa shape index (κ3) is 5.14. The van der Waals surface area contributed by atoms with E-state index in [0.29, 0.717) is 0 Å². The molecule has 0 fully saturated rings. The summed E-state index contributed by atoms with van der Waals surface area (Å²) in [5, 5.41) is 6.06. The number of amides is 2. The number of hydrazone groups is 1. The summed E-state index contributed by atoms with van der Waals surface area (Å²) in [6.07, 6.45) is 0.152. The number of hydrogen-bond acceptors (Lipinski definition) is 4. The molecule has 142 valence electrons. The first-order valence-corrected chi connectivity index (χ1v) is 9.83. The molecule has 0 radical (unpaired) electrons. The van der Waals surface area contributed by atoms with E-state index in [9.17, 15) is 9.59 Å². The van der Waals surface area contributed by atoms with E-state index in [4.69, 9.17) is 0 Å². The number of anilines is 2. The summed E-state index contributed by atoms with van der Waals surface area (Å²) in [6, 6.07) is 22.7. The molecule has 3 rings (SSSR count). The molecule has 1 aromatic heterocycles. The number of benzene rings is 2. The molecule has 0 unspecified atom stereocenters. The minimum Gasteiger partial charge on any atom is -0.281 e. The van der Waals surface area contributed by atoms with Crippen molar-refractivity contribution in [2.45, 2.75) is 19.8 Å². The van der Waals surface area contributed by atoms with Crippen LogP contribution in [0.1, 0.15) is 24.6 Å². The van der Waals surface area contributed by atoms with Crippen LogP contribution in [0.5, 0.6) is 0 Å². The Balaban J connectivity index is 1.64. The summed E-state index contributed by atoms with van der Waals surface area (Å²) in [5.74, 6) is -0.433.